The quantitative estimate of drug-likeness (QED) is 0.0567. The number of halogens is 3. The molecule has 374 valence electrons. The van der Waals surface area contributed by atoms with Crippen LogP contribution in [-0.4, -0.2) is 44.4 Å². The Morgan fingerprint density at radius 1 is 0.438 bits per heavy atom. The number of phenolic OH excluding ortho intramolecular Hbond substituents is 2. The third-order valence-corrected chi connectivity index (χ3v) is 11.0. The molecule has 11 nitrogen and oxygen atoms in total. The first-order valence-electron chi connectivity index (χ1n) is 22.8. The second-order valence-corrected chi connectivity index (χ2v) is 19.8. The van der Waals surface area contributed by atoms with Gasteiger partial charge in [0.2, 0.25) is 0 Å². The Morgan fingerprint density at radius 3 is 1.15 bits per heavy atom. The van der Waals surface area contributed by atoms with Crippen LogP contribution in [0.15, 0.2) is 176 Å². The predicted octanol–water partition coefficient (Wildman–Crippen LogP) is 16.1. The van der Waals surface area contributed by atoms with Crippen molar-refractivity contribution in [2.45, 2.75) is 52.7 Å². The summed E-state index contributed by atoms with van der Waals surface area (Å²) in [4.78, 5) is 36.2. The average Bonchev–Trinajstić information content (AvgIpc) is 3.31. The Bertz CT molecular complexity index is 3270. The van der Waals surface area contributed by atoms with E-state index in [1.165, 1.54) is 6.07 Å². The molecule has 0 aliphatic rings. The molecule has 0 saturated heterocycles. The van der Waals surface area contributed by atoms with Gasteiger partial charge in [-0.25, -0.2) is 14.4 Å². The van der Waals surface area contributed by atoms with Crippen LogP contribution in [0, 0.1) is 0 Å². The number of hydrogen-bond acceptors (Lipinski definition) is 10. The van der Waals surface area contributed by atoms with Crippen molar-refractivity contribution in [1.82, 2.24) is 0 Å². The van der Waals surface area contributed by atoms with Gasteiger partial charge in [-0.05, 0) is 172 Å². The average molecular weight is 1040 g/mol. The lowest BCUT2D eigenvalue weighted by Gasteiger charge is -2.21. The third-order valence-electron chi connectivity index (χ3n) is 10.3. The molecule has 0 spiro atoms. The van der Waals surface area contributed by atoms with E-state index in [-0.39, 0.29) is 17.1 Å². The fourth-order valence-corrected chi connectivity index (χ4v) is 7.67. The lowest BCUT2D eigenvalue weighted by molar-refractivity contribution is 0.00581. The van der Waals surface area contributed by atoms with E-state index in [4.69, 9.17) is 50.0 Å². The van der Waals surface area contributed by atoms with Gasteiger partial charge in [0.05, 0.1) is 28.1 Å². The highest BCUT2D eigenvalue weighted by Gasteiger charge is 2.22. The van der Waals surface area contributed by atoms with Crippen LogP contribution in [-0.2, 0) is 9.47 Å². The molecule has 8 rings (SSSR count). The molecule has 8 aromatic carbocycles. The smallest absolute Gasteiger partial charge is 0.340 e. The van der Waals surface area contributed by atoms with E-state index in [1.54, 1.807) is 78.9 Å². The van der Waals surface area contributed by atoms with Gasteiger partial charge in [0.15, 0.2) is 0 Å². The van der Waals surface area contributed by atoms with Gasteiger partial charge in [-0.1, -0.05) is 102 Å². The van der Waals surface area contributed by atoms with Crippen LogP contribution < -0.4 is 16.4 Å². The number of carboxylic acids is 1. The SMILES string of the molecule is CC(C)(C)OC(=O)c1ccc(-c2cccc(Cl)c2)cc1N.CC(C)(C)OC(=O)c1ccc(-c2cccc(Cl)c2)cc1Nc1cccc(O)c1.O=C(O)c1ccc(-c2cccc(Cl)c2)cc1Nc1cccc(O)c1. The van der Waals surface area contributed by atoms with Crippen molar-refractivity contribution < 1.29 is 39.2 Å². The number of carbonyl (C=O) groups excluding carboxylic acids is 2. The number of nitrogens with one attached hydrogen (secondary N) is 2. The number of aromatic carboxylic acids is 1. The van der Waals surface area contributed by atoms with E-state index in [1.807, 2.05) is 133 Å². The second-order valence-electron chi connectivity index (χ2n) is 18.5. The van der Waals surface area contributed by atoms with E-state index >= 15 is 0 Å². The molecule has 73 heavy (non-hydrogen) atoms. The zero-order valence-electron chi connectivity index (χ0n) is 40.8. The number of rotatable bonds is 10. The summed E-state index contributed by atoms with van der Waals surface area (Å²) in [7, 11) is 0. The number of phenols is 2. The molecule has 0 amide bonds. The number of anilines is 5. The Balaban J connectivity index is 0.000000181. The van der Waals surface area contributed by atoms with E-state index in [0.29, 0.717) is 54.6 Å². The molecular formula is C59H54Cl3N3O8. The molecule has 0 aromatic heterocycles. The number of carboxylic acid groups (broad SMARTS) is 1. The van der Waals surface area contributed by atoms with Gasteiger partial charge in [-0.2, -0.15) is 0 Å². The number of hydrogen-bond donors (Lipinski definition) is 6. The van der Waals surface area contributed by atoms with E-state index in [9.17, 15) is 29.7 Å². The summed E-state index contributed by atoms with van der Waals surface area (Å²) >= 11 is 18.1. The number of benzene rings is 8. The molecule has 0 aliphatic carbocycles. The van der Waals surface area contributed by atoms with Gasteiger partial charge in [-0.3, -0.25) is 0 Å². The zero-order chi connectivity index (χ0) is 53.0. The highest BCUT2D eigenvalue weighted by atomic mass is 35.5. The molecule has 0 unspecified atom stereocenters. The molecule has 0 saturated carbocycles. The van der Waals surface area contributed by atoms with Crippen LogP contribution in [0.3, 0.4) is 0 Å². The molecule has 0 radical (unpaired) electrons. The van der Waals surface area contributed by atoms with E-state index in [2.05, 4.69) is 10.6 Å². The molecule has 0 bridgehead atoms. The fourth-order valence-electron chi connectivity index (χ4n) is 7.10. The Hall–Kier alpha value is -7.96. The van der Waals surface area contributed by atoms with Crippen LogP contribution in [0.5, 0.6) is 11.5 Å². The lowest BCUT2D eigenvalue weighted by Crippen LogP contribution is -2.24. The maximum atomic E-state index is 12.7. The summed E-state index contributed by atoms with van der Waals surface area (Å²) in [5, 5.41) is 36.8. The minimum atomic E-state index is -1.03. The topological polar surface area (TPSA) is 180 Å². The minimum Gasteiger partial charge on any atom is -0.508 e. The first kappa shape index (κ1) is 54.4. The van der Waals surface area contributed by atoms with Gasteiger partial charge in [0.1, 0.15) is 22.7 Å². The number of esters is 2. The predicted molar refractivity (Wildman–Crippen MR) is 295 cm³/mol. The molecule has 0 fully saturated rings. The van der Waals surface area contributed by atoms with Gasteiger partial charge in [0.25, 0.3) is 0 Å². The van der Waals surface area contributed by atoms with Crippen molar-refractivity contribution in [2.75, 3.05) is 16.4 Å². The zero-order valence-corrected chi connectivity index (χ0v) is 43.1. The number of aromatic hydroxyl groups is 2. The molecule has 14 heteroatoms. The maximum absolute atomic E-state index is 12.7. The van der Waals surface area contributed by atoms with Gasteiger partial charge in [-0.15, -0.1) is 0 Å². The third kappa shape index (κ3) is 16.3. The first-order valence-corrected chi connectivity index (χ1v) is 23.9. The van der Waals surface area contributed by atoms with Crippen LogP contribution in [0.2, 0.25) is 15.1 Å². The number of nitrogen functional groups attached to an aromatic ring is 1. The maximum Gasteiger partial charge on any atom is 0.340 e. The Labute approximate surface area is 439 Å². The summed E-state index contributed by atoms with van der Waals surface area (Å²) < 4.78 is 10.9. The van der Waals surface area contributed by atoms with Gasteiger partial charge < -0.3 is 41.2 Å². The normalized spacial score (nSPS) is 10.9. The minimum absolute atomic E-state index is 0.0999. The van der Waals surface area contributed by atoms with Crippen molar-refractivity contribution in [3.05, 3.63) is 208 Å². The van der Waals surface area contributed by atoms with E-state index in [0.717, 1.165) is 33.4 Å². The van der Waals surface area contributed by atoms with Crippen molar-refractivity contribution >= 4 is 81.1 Å². The molecule has 0 atom stereocenters. The first-order chi connectivity index (χ1) is 34.5. The summed E-state index contributed by atoms with van der Waals surface area (Å²) in [5.74, 6) is -1.64. The van der Waals surface area contributed by atoms with Gasteiger partial charge in [0, 0.05) is 44.3 Å². The number of nitrogens with two attached hydrogens (primary N) is 1. The summed E-state index contributed by atoms with van der Waals surface area (Å²) in [6, 6.07) is 51.3. The number of carbonyl (C=O) groups is 3. The second kappa shape index (κ2) is 24.0. The fraction of sp³-hybridized carbons (Fsp3) is 0.136. The highest BCUT2D eigenvalue weighted by molar-refractivity contribution is 6.31. The monoisotopic (exact) mass is 1040 g/mol. The molecular weight excluding hydrogens is 985 g/mol. The highest BCUT2D eigenvalue weighted by Crippen LogP contribution is 2.34. The summed E-state index contributed by atoms with van der Waals surface area (Å²) in [6.45, 7) is 10.9. The van der Waals surface area contributed by atoms with Crippen molar-refractivity contribution in [2.24, 2.45) is 0 Å². The van der Waals surface area contributed by atoms with Crippen molar-refractivity contribution in [3.8, 4) is 44.9 Å². The van der Waals surface area contributed by atoms with Crippen LogP contribution >= 0.6 is 34.8 Å². The Morgan fingerprint density at radius 2 is 0.781 bits per heavy atom. The van der Waals surface area contributed by atoms with Gasteiger partial charge >= 0.3 is 17.9 Å². The summed E-state index contributed by atoms with van der Waals surface area (Å²) in [5.41, 5.74) is 13.8. The molecule has 0 aliphatic heterocycles. The van der Waals surface area contributed by atoms with Crippen LogP contribution in [0.25, 0.3) is 33.4 Å². The van der Waals surface area contributed by atoms with Crippen LogP contribution in [0.4, 0.5) is 28.4 Å². The molecule has 0 heterocycles. The molecule has 7 N–H and O–H groups in total. The standard InChI is InChI=1S/C23H22ClNO3.C19H14ClNO3.C17H18ClNO2/c1-23(2,3)28-22(27)20-11-10-16(15-6-4-7-17(24)12-15)13-21(20)25-18-8-5-9-19(26)14-18;20-14-4-1-3-12(9-14)13-7-8-17(19(23)24)18(10-13)21-15-5-2-6-16(22)11-15;1-17(2,3)21-16(20)14-8-7-12(10-15(14)19)11-5-4-6-13(18)9-11/h4-14,25-26H,1-3H3;1-11,21-22H,(H,23,24);4-10H,19H2,1-3H3. The van der Waals surface area contributed by atoms with Crippen LogP contribution in [0.1, 0.15) is 72.6 Å². The summed E-state index contributed by atoms with van der Waals surface area (Å²) in [6.07, 6.45) is 0. The molecule has 8 aromatic rings. The van der Waals surface area contributed by atoms with Crippen molar-refractivity contribution in [1.29, 1.82) is 0 Å². The van der Waals surface area contributed by atoms with Crippen molar-refractivity contribution in [3.63, 3.8) is 0 Å². The van der Waals surface area contributed by atoms with E-state index < -0.39 is 29.1 Å². The number of ether oxygens (including phenoxy) is 2. The lowest BCUT2D eigenvalue weighted by atomic mass is 10.0. The Kier molecular flexibility index (Phi) is 17.9. The largest absolute Gasteiger partial charge is 0.508 e.